The minimum atomic E-state index is -1.87. The van der Waals surface area contributed by atoms with Gasteiger partial charge in [-0.05, 0) is 56.8 Å². The second-order valence-electron chi connectivity index (χ2n) is 19.5. The summed E-state index contributed by atoms with van der Waals surface area (Å²) in [6, 6.07) is 0. The SMILES string of the molecule is CCC(C)[C@H]1O[C@@]2(C[C@@H]3C[C@@H](C/C=C(\C)[C@H](O[C@H]4C[C@H](OC)[C@@H](O[C@H]5C[C@H](OC)[C@@H](O)[C@H](C)O5)[C@H](C)O4)[C@@H](C)/C=C/C=C4\CO[C@@H]5[C@H](O)C(C)=C[C@@H](C(=O)O3)[C@]45O)O2)C[C@H](O)[C@@H]1C. The predicted molar refractivity (Wildman–Crippen MR) is 229 cm³/mol. The van der Waals surface area contributed by atoms with Crippen LogP contribution in [0.3, 0.4) is 0 Å². The van der Waals surface area contributed by atoms with Crippen LogP contribution in [0.5, 0.6) is 0 Å². The van der Waals surface area contributed by atoms with Crippen LogP contribution in [-0.2, 0) is 52.2 Å². The van der Waals surface area contributed by atoms with E-state index in [-0.39, 0.29) is 43.3 Å². The van der Waals surface area contributed by atoms with Crippen LogP contribution in [0.4, 0.5) is 0 Å². The summed E-state index contributed by atoms with van der Waals surface area (Å²) in [4.78, 5) is 14.4. The van der Waals surface area contributed by atoms with Gasteiger partial charge in [0.05, 0.1) is 55.4 Å². The first-order chi connectivity index (χ1) is 29.9. The van der Waals surface area contributed by atoms with E-state index in [2.05, 4.69) is 19.9 Å². The van der Waals surface area contributed by atoms with E-state index in [9.17, 15) is 25.2 Å². The van der Waals surface area contributed by atoms with Gasteiger partial charge in [0.25, 0.3) is 0 Å². The molecule has 2 bridgehead atoms. The third-order valence-corrected chi connectivity index (χ3v) is 15.0. The van der Waals surface area contributed by atoms with Crippen LogP contribution in [-0.4, -0.2) is 151 Å². The summed E-state index contributed by atoms with van der Waals surface area (Å²) in [6.45, 7) is 15.7. The number of rotatable bonds is 8. The summed E-state index contributed by atoms with van der Waals surface area (Å²) < 4.78 is 63.6. The Balaban J connectivity index is 1.19. The molecular weight excluding hydrogens is 817 g/mol. The number of aliphatic hydroxyl groups is 4. The molecule has 7 aliphatic rings. The summed E-state index contributed by atoms with van der Waals surface area (Å²) in [5.41, 5.74) is 0.0234. The Morgan fingerprint density at radius 1 is 0.889 bits per heavy atom. The zero-order valence-corrected chi connectivity index (χ0v) is 38.8. The molecule has 0 amide bonds. The monoisotopic (exact) mass is 891 g/mol. The van der Waals surface area contributed by atoms with E-state index in [4.69, 9.17) is 47.4 Å². The molecule has 7 rings (SSSR count). The minimum Gasteiger partial charge on any atom is -0.462 e. The van der Waals surface area contributed by atoms with Crippen molar-refractivity contribution in [3.05, 3.63) is 47.1 Å². The highest BCUT2D eigenvalue weighted by Crippen LogP contribution is 2.48. The Bertz CT molecular complexity index is 1710. The molecule has 21 atom stereocenters. The van der Waals surface area contributed by atoms with E-state index in [1.807, 2.05) is 39.8 Å². The molecule has 0 saturated carbocycles. The van der Waals surface area contributed by atoms with E-state index in [1.54, 1.807) is 40.2 Å². The Hall–Kier alpha value is -2.09. The average molecular weight is 891 g/mol. The van der Waals surface area contributed by atoms with Gasteiger partial charge < -0.3 is 67.8 Å². The summed E-state index contributed by atoms with van der Waals surface area (Å²) in [5, 5.41) is 45.7. The van der Waals surface area contributed by atoms with Crippen LogP contribution in [0.25, 0.3) is 0 Å². The van der Waals surface area contributed by atoms with Crippen LogP contribution in [0.2, 0.25) is 0 Å². The summed E-state index contributed by atoms with van der Waals surface area (Å²) in [5.74, 6) is -3.19. The molecule has 1 spiro atoms. The lowest BCUT2D eigenvalue weighted by Crippen LogP contribution is -2.60. The standard InChI is InChI=1S/C48H74O15/c1-11-24(2)43-28(6)35(49)22-47(63-43)21-33-18-32(62-47)16-15-26(4)42(25(3)13-12-14-31-23-56-45-40(50)27(5)17-34(46(52)59-33)48(31,45)53)60-39-20-37(55-10)44(30(8)58-39)61-38-19-36(54-9)41(51)29(7)57-38/h12-15,17,24-25,28-30,32-45,49-51,53H,11,16,18-23H2,1-10H3/b13-12+,26-15+,31-14+/t24?,25-,28-,29-,30-,32+,33-,34-,35-,36-,37-,38-,39-,40+,41-,42+,43+,44-,45+,47-,48+/m0/s1. The Labute approximate surface area is 373 Å². The first kappa shape index (κ1) is 48.8. The largest absolute Gasteiger partial charge is 0.462 e. The first-order valence-electron chi connectivity index (χ1n) is 23.3. The molecule has 356 valence electrons. The number of ether oxygens (including phenoxy) is 10. The number of aliphatic hydroxyl groups excluding tert-OH is 3. The van der Waals surface area contributed by atoms with Gasteiger partial charge in [-0.1, -0.05) is 64.5 Å². The van der Waals surface area contributed by atoms with Crippen LogP contribution < -0.4 is 0 Å². The fourth-order valence-corrected chi connectivity index (χ4v) is 11.0. The smallest absolute Gasteiger partial charge is 0.316 e. The maximum atomic E-state index is 14.4. The van der Waals surface area contributed by atoms with Crippen molar-refractivity contribution in [2.24, 2.45) is 23.7 Å². The molecule has 5 saturated heterocycles. The second kappa shape index (κ2) is 20.0. The van der Waals surface area contributed by atoms with Crippen molar-refractivity contribution in [3.63, 3.8) is 0 Å². The maximum Gasteiger partial charge on any atom is 0.316 e. The molecular formula is C48H74O15. The van der Waals surface area contributed by atoms with E-state index in [0.717, 1.165) is 12.0 Å². The number of hydrogen-bond donors (Lipinski definition) is 4. The van der Waals surface area contributed by atoms with Gasteiger partial charge in [-0.2, -0.15) is 0 Å². The van der Waals surface area contributed by atoms with Crippen LogP contribution in [0.1, 0.15) is 100 Å². The molecule has 63 heavy (non-hydrogen) atoms. The van der Waals surface area contributed by atoms with Gasteiger partial charge in [-0.15, -0.1) is 0 Å². The fourth-order valence-electron chi connectivity index (χ4n) is 11.0. The van der Waals surface area contributed by atoms with Gasteiger partial charge in [-0.3, -0.25) is 4.79 Å². The molecule has 15 heteroatoms. The number of carbonyl (C=O) groups is 1. The van der Waals surface area contributed by atoms with Gasteiger partial charge in [0.2, 0.25) is 0 Å². The summed E-state index contributed by atoms with van der Waals surface area (Å²) >= 11 is 0. The number of allylic oxidation sites excluding steroid dienone is 2. The fraction of sp³-hybridized carbons (Fsp3) is 0.812. The minimum absolute atomic E-state index is 0.0109. The van der Waals surface area contributed by atoms with Crippen molar-refractivity contribution in [1.29, 1.82) is 0 Å². The van der Waals surface area contributed by atoms with Crippen molar-refractivity contribution < 1.29 is 72.6 Å². The number of esters is 1. The lowest BCUT2D eigenvalue weighted by Gasteiger charge is -2.52. The predicted octanol–water partition coefficient (Wildman–Crippen LogP) is 4.57. The first-order valence-corrected chi connectivity index (χ1v) is 23.3. The number of carbonyl (C=O) groups excluding carboxylic acids is 1. The van der Waals surface area contributed by atoms with Crippen molar-refractivity contribution in [2.75, 3.05) is 20.8 Å². The topological polar surface area (TPSA) is 190 Å². The highest BCUT2D eigenvalue weighted by molar-refractivity contribution is 5.78. The van der Waals surface area contributed by atoms with Gasteiger partial charge in [0, 0.05) is 58.2 Å². The van der Waals surface area contributed by atoms with Crippen molar-refractivity contribution in [1.82, 2.24) is 0 Å². The molecule has 1 unspecified atom stereocenters. The molecule has 0 aromatic heterocycles. The Morgan fingerprint density at radius 2 is 1.59 bits per heavy atom. The lowest BCUT2D eigenvalue weighted by atomic mass is 9.71. The molecule has 6 heterocycles. The molecule has 4 N–H and O–H groups in total. The zero-order chi connectivity index (χ0) is 45.5. The van der Waals surface area contributed by atoms with Crippen molar-refractivity contribution >= 4 is 5.97 Å². The quantitative estimate of drug-likeness (QED) is 0.196. The molecule has 0 radical (unpaired) electrons. The van der Waals surface area contributed by atoms with Crippen molar-refractivity contribution in [2.45, 2.75) is 204 Å². The normalized spacial score (nSPS) is 50.0. The second-order valence-corrected chi connectivity index (χ2v) is 19.5. The molecule has 5 fully saturated rings. The third kappa shape index (κ3) is 9.98. The van der Waals surface area contributed by atoms with E-state index in [0.29, 0.717) is 36.8 Å². The van der Waals surface area contributed by atoms with Crippen LogP contribution in [0.15, 0.2) is 47.1 Å². The van der Waals surface area contributed by atoms with E-state index >= 15 is 0 Å². The molecule has 6 aliphatic heterocycles. The van der Waals surface area contributed by atoms with Crippen molar-refractivity contribution in [3.8, 4) is 0 Å². The van der Waals surface area contributed by atoms with Crippen LogP contribution in [0, 0.1) is 23.7 Å². The Kier molecular flexibility index (Phi) is 15.5. The Morgan fingerprint density at radius 3 is 2.30 bits per heavy atom. The third-order valence-electron chi connectivity index (χ3n) is 15.0. The highest BCUT2D eigenvalue weighted by atomic mass is 16.7. The summed E-state index contributed by atoms with van der Waals surface area (Å²) in [7, 11) is 3.20. The number of fused-ring (bicyclic) bond motifs is 2. The number of hydrogen-bond acceptors (Lipinski definition) is 15. The van der Waals surface area contributed by atoms with E-state index in [1.165, 1.54) is 0 Å². The van der Waals surface area contributed by atoms with Gasteiger partial charge in [0.1, 0.15) is 42.0 Å². The van der Waals surface area contributed by atoms with Gasteiger partial charge in [0.15, 0.2) is 18.4 Å². The van der Waals surface area contributed by atoms with Gasteiger partial charge >= 0.3 is 5.97 Å². The van der Waals surface area contributed by atoms with Crippen LogP contribution >= 0.6 is 0 Å². The zero-order valence-electron chi connectivity index (χ0n) is 38.8. The van der Waals surface area contributed by atoms with Gasteiger partial charge in [-0.25, -0.2) is 0 Å². The molecule has 15 nitrogen and oxygen atoms in total. The molecule has 1 aliphatic carbocycles. The maximum absolute atomic E-state index is 14.4. The average Bonchev–Trinajstić information content (AvgIpc) is 3.59. The van der Waals surface area contributed by atoms with E-state index < -0.39 is 109 Å². The molecule has 0 aromatic carbocycles. The lowest BCUT2D eigenvalue weighted by molar-refractivity contribution is -0.354. The highest BCUT2D eigenvalue weighted by Gasteiger charge is 2.60. The number of methoxy groups -OCH3 is 2. The molecule has 0 aromatic rings. The summed E-state index contributed by atoms with van der Waals surface area (Å²) in [6.07, 6.45) is 3.00.